The third-order valence-corrected chi connectivity index (χ3v) is 11.9. The number of allylic oxidation sites excluding steroid dienone is 5. The molecule has 0 spiro atoms. The molecule has 0 radical (unpaired) electrons. The summed E-state index contributed by atoms with van der Waals surface area (Å²) in [5.41, 5.74) is 11.2. The molecule has 0 aliphatic heterocycles. The topological polar surface area (TPSA) is 0 Å². The van der Waals surface area contributed by atoms with Crippen molar-refractivity contribution in [2.75, 3.05) is 0 Å². The van der Waals surface area contributed by atoms with E-state index in [4.69, 9.17) is 0 Å². The van der Waals surface area contributed by atoms with Gasteiger partial charge >= 0.3 is 160 Å². The van der Waals surface area contributed by atoms with E-state index < -0.39 is 23.2 Å². The Morgan fingerprint density at radius 2 is 1.50 bits per heavy atom. The second-order valence-electron chi connectivity index (χ2n) is 8.15. The zero-order valence-electron chi connectivity index (χ0n) is 17.0. The van der Waals surface area contributed by atoms with Crippen molar-refractivity contribution < 1.29 is 71.2 Å². The van der Waals surface area contributed by atoms with Crippen LogP contribution in [0.3, 0.4) is 0 Å². The zero-order chi connectivity index (χ0) is 17.6. The van der Waals surface area contributed by atoms with Crippen LogP contribution in [0.1, 0.15) is 69.6 Å². The molecule has 140 valence electrons. The average molecular weight is 652 g/mol. The van der Waals surface area contributed by atoms with Crippen LogP contribution in [0.15, 0.2) is 52.1 Å². The van der Waals surface area contributed by atoms with Gasteiger partial charge in [-0.15, -0.1) is 0 Å². The van der Waals surface area contributed by atoms with Crippen molar-refractivity contribution in [3.63, 3.8) is 0 Å². The molecule has 1 aromatic rings. The summed E-state index contributed by atoms with van der Waals surface area (Å²) in [6.07, 6.45) is 3.76. The molecule has 0 amide bonds. The summed E-state index contributed by atoms with van der Waals surface area (Å²) in [7, 11) is 0. The van der Waals surface area contributed by atoms with E-state index in [0.717, 1.165) is 9.54 Å². The first-order valence-corrected chi connectivity index (χ1v) is 11.8. The first-order chi connectivity index (χ1) is 11.3. The van der Waals surface area contributed by atoms with Crippen molar-refractivity contribution in [2.45, 2.75) is 61.6 Å². The monoisotopic (exact) mass is 650 g/mol. The Balaban J connectivity index is 0.00000169. The van der Waals surface area contributed by atoms with Crippen LogP contribution in [0.25, 0.3) is 6.08 Å². The Morgan fingerprint density at radius 1 is 0.962 bits per heavy atom. The first-order valence-electron chi connectivity index (χ1n) is 9.19. The van der Waals surface area contributed by atoms with Gasteiger partial charge in [-0.25, -0.2) is 0 Å². The Kier molecular flexibility index (Phi) is 9.09. The number of rotatable bonds is 4. The summed E-state index contributed by atoms with van der Waals surface area (Å²) >= 11 is -0.727. The van der Waals surface area contributed by atoms with Gasteiger partial charge in [-0.2, -0.15) is 0 Å². The molecule has 0 heterocycles. The second kappa shape index (κ2) is 9.52. The smallest absolute Gasteiger partial charge is 1.00 e. The minimum Gasteiger partial charge on any atom is -1.00 e. The second-order valence-corrected chi connectivity index (χ2v) is 12.7. The molecule has 3 heteroatoms. The fourth-order valence-corrected chi connectivity index (χ4v) is 9.69. The van der Waals surface area contributed by atoms with Gasteiger partial charge in [0.2, 0.25) is 0 Å². The summed E-state index contributed by atoms with van der Waals surface area (Å²) in [4.78, 5) is 0. The summed E-state index contributed by atoms with van der Waals surface area (Å²) in [5.74, 6) is 0.737. The van der Waals surface area contributed by atoms with E-state index in [-0.39, 0.29) is 48.0 Å². The standard InChI is InChI=1S/C13H15.C10H15.2HI.Zr/c1-10(2)7-11-8-12-5-3-4-6-13(12)9-11;1-6-7(2)9(4)10(5)8(6)3;;;/h3-6,8-10H,7H2,1-2H3;1-5H3;2*1H;/q;;;;+2/p-2. The predicted octanol–water partition coefficient (Wildman–Crippen LogP) is 1.13. The summed E-state index contributed by atoms with van der Waals surface area (Å²) in [5, 5.41) is 0. The maximum Gasteiger partial charge on any atom is -1.00 e. The van der Waals surface area contributed by atoms with Gasteiger partial charge in [-0.3, -0.25) is 0 Å². The average Bonchev–Trinajstić information content (AvgIpc) is 2.94. The van der Waals surface area contributed by atoms with E-state index in [0.29, 0.717) is 3.12 Å². The minimum absolute atomic E-state index is 0. The molecular weight excluding hydrogens is 621 g/mol. The van der Waals surface area contributed by atoms with E-state index >= 15 is 0 Å². The maximum absolute atomic E-state index is 2.54. The van der Waals surface area contributed by atoms with Crippen LogP contribution in [0.5, 0.6) is 0 Å². The zero-order valence-corrected chi connectivity index (χ0v) is 23.8. The molecule has 26 heavy (non-hydrogen) atoms. The summed E-state index contributed by atoms with van der Waals surface area (Å²) in [6.45, 7) is 16.7. The van der Waals surface area contributed by atoms with E-state index in [1.165, 1.54) is 12.0 Å². The number of benzene rings is 1. The van der Waals surface area contributed by atoms with E-state index in [1.807, 2.05) is 0 Å². The third-order valence-electron chi connectivity index (χ3n) is 6.28. The van der Waals surface area contributed by atoms with Crippen molar-refractivity contribution in [3.05, 3.63) is 63.3 Å². The maximum atomic E-state index is 2.54. The normalized spacial score (nSPS) is 20.5. The molecule has 0 saturated carbocycles. The predicted molar refractivity (Wildman–Crippen MR) is 102 cm³/mol. The number of hydrogen-bond acceptors (Lipinski definition) is 0. The SMILES string of the molecule is CC1=C(C)[C](C)([Zr+2][CH]2C(CC(C)C)=Cc3ccccc32)C(C)=C1C.[I-].[I-]. The molecule has 2 aliphatic carbocycles. The van der Waals surface area contributed by atoms with E-state index in [1.54, 1.807) is 33.4 Å². The van der Waals surface area contributed by atoms with E-state index in [2.05, 4.69) is 78.8 Å². The number of hydrogen-bond donors (Lipinski definition) is 0. The van der Waals surface area contributed by atoms with Crippen molar-refractivity contribution in [1.82, 2.24) is 0 Å². The molecule has 0 nitrogen and oxygen atoms in total. The fraction of sp³-hybridized carbons (Fsp3) is 0.478. The molecule has 0 fully saturated rings. The summed E-state index contributed by atoms with van der Waals surface area (Å²) < 4.78 is 1.11. The molecular formula is C23H30I2Zr. The number of halogens is 2. The molecule has 0 bridgehead atoms. The van der Waals surface area contributed by atoms with Gasteiger partial charge in [-0.05, 0) is 0 Å². The van der Waals surface area contributed by atoms with Gasteiger partial charge in [0.05, 0.1) is 0 Å². The molecule has 0 N–H and O–H groups in total. The van der Waals surface area contributed by atoms with Crippen LogP contribution < -0.4 is 48.0 Å². The van der Waals surface area contributed by atoms with E-state index in [9.17, 15) is 0 Å². The van der Waals surface area contributed by atoms with Crippen LogP contribution >= 0.6 is 0 Å². The Hall–Kier alpha value is 0.783. The quantitative estimate of drug-likeness (QED) is 0.429. The molecule has 0 aromatic heterocycles. The molecule has 1 atom stereocenters. The molecule has 2 aliphatic rings. The van der Waals surface area contributed by atoms with Gasteiger partial charge in [0.25, 0.3) is 0 Å². The van der Waals surface area contributed by atoms with Gasteiger partial charge < -0.3 is 48.0 Å². The first kappa shape index (κ1) is 24.8. The van der Waals surface area contributed by atoms with Crippen molar-refractivity contribution >= 4 is 6.08 Å². The molecule has 3 rings (SSSR count). The van der Waals surface area contributed by atoms with Gasteiger partial charge in [0.15, 0.2) is 0 Å². The fourth-order valence-electron chi connectivity index (χ4n) is 4.31. The summed E-state index contributed by atoms with van der Waals surface area (Å²) in [6, 6.07) is 9.13. The van der Waals surface area contributed by atoms with Crippen LogP contribution in [0.2, 0.25) is 3.12 Å². The van der Waals surface area contributed by atoms with Crippen LogP contribution in [-0.4, -0.2) is 0 Å². The Bertz CT molecular complexity index is 744. The molecule has 1 unspecified atom stereocenters. The van der Waals surface area contributed by atoms with Crippen LogP contribution in [0.4, 0.5) is 0 Å². The van der Waals surface area contributed by atoms with Crippen molar-refractivity contribution in [3.8, 4) is 0 Å². The Morgan fingerprint density at radius 3 is 2.04 bits per heavy atom. The Labute approximate surface area is 206 Å². The third kappa shape index (κ3) is 4.35. The largest absolute Gasteiger partial charge is 1.00 e. The van der Waals surface area contributed by atoms with Gasteiger partial charge in [0, 0.05) is 0 Å². The molecule has 1 aromatic carbocycles. The minimum atomic E-state index is -0.727. The van der Waals surface area contributed by atoms with Gasteiger partial charge in [0.1, 0.15) is 0 Å². The van der Waals surface area contributed by atoms with Crippen molar-refractivity contribution in [2.24, 2.45) is 5.92 Å². The molecule has 0 saturated heterocycles. The van der Waals surface area contributed by atoms with Gasteiger partial charge in [-0.1, -0.05) is 0 Å². The number of fused-ring (bicyclic) bond motifs is 1. The van der Waals surface area contributed by atoms with Crippen molar-refractivity contribution in [1.29, 1.82) is 0 Å². The van der Waals surface area contributed by atoms with Crippen LogP contribution in [-0.2, 0) is 23.2 Å². The van der Waals surface area contributed by atoms with Crippen LogP contribution in [0, 0.1) is 5.92 Å².